The van der Waals surface area contributed by atoms with Crippen LogP contribution >= 0.6 is 0 Å². The first-order chi connectivity index (χ1) is 9.29. The van der Waals surface area contributed by atoms with E-state index >= 15 is 0 Å². The summed E-state index contributed by atoms with van der Waals surface area (Å²) in [6, 6.07) is 12.8. The van der Waals surface area contributed by atoms with Crippen LogP contribution in [0.5, 0.6) is 0 Å². The van der Waals surface area contributed by atoms with Crippen LogP contribution < -0.4 is 0 Å². The highest BCUT2D eigenvalue weighted by atomic mass is 16.6. The second kappa shape index (κ2) is 6.15. The van der Waals surface area contributed by atoms with Crippen molar-refractivity contribution in [1.29, 1.82) is 0 Å². The Morgan fingerprint density at radius 2 is 1.79 bits per heavy atom. The lowest BCUT2D eigenvalue weighted by Crippen LogP contribution is -1.88. The molecule has 96 valence electrons. The molecule has 1 N–H and O–H groups in total. The molecule has 1 aromatic carbocycles. The third-order valence-corrected chi connectivity index (χ3v) is 2.29. The summed E-state index contributed by atoms with van der Waals surface area (Å²) in [6.07, 6.45) is 4.78. The first kappa shape index (κ1) is 12.6. The molecule has 0 saturated carbocycles. The minimum atomic E-state index is -0.515. The zero-order valence-corrected chi connectivity index (χ0v) is 9.89. The summed E-state index contributed by atoms with van der Waals surface area (Å²) >= 11 is 0. The minimum absolute atomic E-state index is 0.115. The molecule has 3 aromatic rings. The number of aromatic amines is 1. The molecule has 0 aliphatic rings. The van der Waals surface area contributed by atoms with E-state index in [0.29, 0.717) is 5.56 Å². The Kier molecular flexibility index (Phi) is 4.07. The fraction of sp³-hybridized carbons (Fsp3) is 0. The summed E-state index contributed by atoms with van der Waals surface area (Å²) in [5.74, 6) is 0. The largest absolute Gasteiger partial charge is 0.368 e. The van der Waals surface area contributed by atoms with Crippen molar-refractivity contribution in [2.75, 3.05) is 0 Å². The van der Waals surface area contributed by atoms with Crippen LogP contribution in [0.3, 0.4) is 0 Å². The summed E-state index contributed by atoms with van der Waals surface area (Å²) in [7, 11) is 0. The average Bonchev–Trinajstić information content (AvgIpc) is 3.14. The molecule has 0 radical (unpaired) electrons. The van der Waals surface area contributed by atoms with Crippen LogP contribution in [0, 0.1) is 10.1 Å². The third kappa shape index (κ3) is 3.29. The molecule has 0 atom stereocenters. The number of hydrogen-bond acceptors (Lipinski definition) is 4. The lowest BCUT2D eigenvalue weighted by atomic mass is 10.1. The van der Waals surface area contributed by atoms with Crippen LogP contribution in [0.15, 0.2) is 65.6 Å². The summed E-state index contributed by atoms with van der Waals surface area (Å²) in [5, 5.41) is 14.2. The van der Waals surface area contributed by atoms with E-state index in [1.165, 1.54) is 0 Å². The lowest BCUT2D eigenvalue weighted by Gasteiger charge is -1.93. The monoisotopic (exact) mass is 257 g/mol. The quantitative estimate of drug-likeness (QED) is 0.564. The second-order valence-electron chi connectivity index (χ2n) is 3.56. The summed E-state index contributed by atoms with van der Waals surface area (Å²) in [4.78, 5) is 12.9. The average molecular weight is 257 g/mol. The van der Waals surface area contributed by atoms with Gasteiger partial charge < -0.3 is 9.51 Å². The number of nitrogens with zero attached hydrogens (tertiary/aromatic N) is 2. The molecule has 0 unspecified atom stereocenters. The number of benzene rings is 1. The van der Waals surface area contributed by atoms with Gasteiger partial charge in [-0.05, 0) is 12.1 Å². The molecule has 0 bridgehead atoms. The Morgan fingerprint density at radius 3 is 2.32 bits per heavy atom. The molecule has 6 heteroatoms. The van der Waals surface area contributed by atoms with Gasteiger partial charge in [-0.25, -0.2) is 0 Å². The molecule has 19 heavy (non-hydrogen) atoms. The van der Waals surface area contributed by atoms with E-state index in [-0.39, 0.29) is 11.4 Å². The highest BCUT2D eigenvalue weighted by Crippen LogP contribution is 2.27. The van der Waals surface area contributed by atoms with Gasteiger partial charge in [-0.2, -0.15) is 0 Å². The Balaban J connectivity index is 0.000000224. The maximum absolute atomic E-state index is 10.6. The molecular formula is C13H11N3O3. The van der Waals surface area contributed by atoms with Crippen LogP contribution in [-0.4, -0.2) is 15.1 Å². The Morgan fingerprint density at radius 1 is 1.11 bits per heavy atom. The number of H-pyrrole nitrogens is 1. The number of hydrogen-bond donors (Lipinski definition) is 1. The van der Waals surface area contributed by atoms with E-state index in [2.05, 4.69) is 14.7 Å². The van der Waals surface area contributed by atoms with Gasteiger partial charge in [0.1, 0.15) is 0 Å². The van der Waals surface area contributed by atoms with Gasteiger partial charge in [0.15, 0.2) is 5.69 Å². The molecule has 0 aliphatic heterocycles. The second-order valence-corrected chi connectivity index (χ2v) is 3.56. The van der Waals surface area contributed by atoms with E-state index in [1.807, 2.05) is 30.6 Å². The summed E-state index contributed by atoms with van der Waals surface area (Å²) < 4.78 is 4.57. The zero-order chi connectivity index (χ0) is 13.5. The van der Waals surface area contributed by atoms with Gasteiger partial charge in [0, 0.05) is 18.0 Å². The fourth-order valence-electron chi connectivity index (χ4n) is 1.44. The Labute approximate surface area is 108 Å². The van der Waals surface area contributed by atoms with Crippen LogP contribution in [0.1, 0.15) is 0 Å². The minimum Gasteiger partial charge on any atom is -0.368 e. The van der Waals surface area contributed by atoms with Crippen LogP contribution in [0.25, 0.3) is 11.3 Å². The first-order valence-corrected chi connectivity index (χ1v) is 5.51. The van der Waals surface area contributed by atoms with Crippen LogP contribution in [-0.2, 0) is 0 Å². The molecule has 2 heterocycles. The number of aromatic nitrogens is 2. The predicted molar refractivity (Wildman–Crippen MR) is 69.4 cm³/mol. The SMILES string of the molecule is O=[N+]([O-])c1conc1-c1ccccc1.c1cc[nH]c1. The molecule has 0 spiro atoms. The molecule has 6 nitrogen and oxygen atoms in total. The van der Waals surface area contributed by atoms with Crippen molar-refractivity contribution in [1.82, 2.24) is 10.1 Å². The number of rotatable bonds is 2. The van der Waals surface area contributed by atoms with Crippen molar-refractivity contribution in [3.63, 3.8) is 0 Å². The summed E-state index contributed by atoms with van der Waals surface area (Å²) in [5.41, 5.74) is 0.819. The standard InChI is InChI=1S/C9H6N2O3.C4H5N/c12-11(13)8-6-14-10-9(8)7-4-2-1-3-5-7;1-2-4-5-3-1/h1-6H;1-5H. The van der Waals surface area contributed by atoms with Crippen molar-refractivity contribution < 1.29 is 9.45 Å². The zero-order valence-electron chi connectivity index (χ0n) is 9.89. The Hall–Kier alpha value is -2.89. The van der Waals surface area contributed by atoms with E-state index in [9.17, 15) is 10.1 Å². The smallest absolute Gasteiger partial charge is 0.336 e. The van der Waals surface area contributed by atoms with Crippen molar-refractivity contribution in [3.05, 3.63) is 71.2 Å². The molecule has 0 saturated heterocycles. The molecule has 0 amide bonds. The van der Waals surface area contributed by atoms with Gasteiger partial charge in [0.25, 0.3) is 0 Å². The van der Waals surface area contributed by atoms with E-state index in [1.54, 1.807) is 24.3 Å². The van der Waals surface area contributed by atoms with Crippen LogP contribution in [0.4, 0.5) is 5.69 Å². The lowest BCUT2D eigenvalue weighted by molar-refractivity contribution is -0.384. The molecule has 3 rings (SSSR count). The maximum Gasteiger partial charge on any atom is 0.336 e. The topological polar surface area (TPSA) is 85.0 Å². The van der Waals surface area contributed by atoms with Crippen molar-refractivity contribution >= 4 is 5.69 Å². The Bertz CT molecular complexity index is 600. The predicted octanol–water partition coefficient (Wildman–Crippen LogP) is 3.26. The first-order valence-electron chi connectivity index (χ1n) is 5.51. The van der Waals surface area contributed by atoms with E-state index < -0.39 is 4.92 Å². The maximum atomic E-state index is 10.6. The molecule has 0 fully saturated rings. The highest BCUT2D eigenvalue weighted by molar-refractivity contribution is 5.67. The van der Waals surface area contributed by atoms with Gasteiger partial charge in [-0.3, -0.25) is 10.1 Å². The van der Waals surface area contributed by atoms with Crippen molar-refractivity contribution in [2.45, 2.75) is 0 Å². The fourth-order valence-corrected chi connectivity index (χ4v) is 1.44. The van der Waals surface area contributed by atoms with Crippen LogP contribution in [0.2, 0.25) is 0 Å². The molecular weight excluding hydrogens is 246 g/mol. The van der Waals surface area contributed by atoms with Gasteiger partial charge >= 0.3 is 5.69 Å². The molecule has 2 aromatic heterocycles. The van der Waals surface area contributed by atoms with E-state index in [0.717, 1.165) is 6.26 Å². The van der Waals surface area contributed by atoms with Gasteiger partial charge in [0.2, 0.25) is 6.26 Å². The van der Waals surface area contributed by atoms with Crippen molar-refractivity contribution in [2.24, 2.45) is 0 Å². The molecule has 0 aliphatic carbocycles. The number of nitrogens with one attached hydrogen (secondary N) is 1. The van der Waals surface area contributed by atoms with Gasteiger partial charge in [0.05, 0.1) is 4.92 Å². The van der Waals surface area contributed by atoms with Crippen molar-refractivity contribution in [3.8, 4) is 11.3 Å². The van der Waals surface area contributed by atoms with Gasteiger partial charge in [-0.1, -0.05) is 35.5 Å². The normalized spacial score (nSPS) is 9.47. The van der Waals surface area contributed by atoms with Gasteiger partial charge in [-0.15, -0.1) is 0 Å². The highest BCUT2D eigenvalue weighted by Gasteiger charge is 2.19. The third-order valence-electron chi connectivity index (χ3n) is 2.29. The van der Waals surface area contributed by atoms with E-state index in [4.69, 9.17) is 0 Å². The summed E-state index contributed by atoms with van der Waals surface area (Å²) in [6.45, 7) is 0. The number of nitro groups is 1.